The number of rotatable bonds is 9. The van der Waals surface area contributed by atoms with Gasteiger partial charge in [-0.3, -0.25) is 14.3 Å². The molecule has 11 heteroatoms. The predicted molar refractivity (Wildman–Crippen MR) is 159 cm³/mol. The summed E-state index contributed by atoms with van der Waals surface area (Å²) in [5, 5.41) is 23.9. The number of hydrogen-bond donors (Lipinski definition) is 4. The number of nitrogens with zero attached hydrogens (tertiary/aromatic N) is 3. The second-order valence-corrected chi connectivity index (χ2v) is 10.3. The lowest BCUT2D eigenvalue weighted by Crippen LogP contribution is -2.43. The Bertz CT molecular complexity index is 1760. The van der Waals surface area contributed by atoms with E-state index in [1.54, 1.807) is 7.11 Å². The third-order valence-corrected chi connectivity index (χ3v) is 7.96. The van der Waals surface area contributed by atoms with Crippen molar-refractivity contribution in [1.29, 1.82) is 0 Å². The molecule has 3 aromatic carbocycles. The molecule has 3 heterocycles. The number of halogens is 1. The van der Waals surface area contributed by atoms with E-state index in [4.69, 9.17) is 9.47 Å². The molecule has 10 nitrogen and oxygen atoms in total. The van der Waals surface area contributed by atoms with Crippen molar-refractivity contribution in [2.24, 2.45) is 0 Å². The minimum atomic E-state index is -1.97. The number of aromatic amines is 1. The van der Waals surface area contributed by atoms with Crippen LogP contribution in [0.5, 0.6) is 5.75 Å². The van der Waals surface area contributed by atoms with Crippen molar-refractivity contribution in [1.82, 2.24) is 19.5 Å². The van der Waals surface area contributed by atoms with E-state index in [0.717, 1.165) is 16.7 Å². The smallest absolute Gasteiger partial charge is 0.280 e. The number of fused-ring (bicyclic) bond motifs is 1. The second-order valence-electron chi connectivity index (χ2n) is 10.3. The molecule has 0 bridgehead atoms. The van der Waals surface area contributed by atoms with E-state index >= 15 is 4.39 Å². The number of aromatic nitrogens is 4. The Morgan fingerprint density at radius 1 is 1.09 bits per heavy atom. The predicted octanol–water partition coefficient (Wildman–Crippen LogP) is 3.68. The molecule has 0 saturated carbocycles. The van der Waals surface area contributed by atoms with Crippen LogP contribution in [0.25, 0.3) is 11.2 Å². The van der Waals surface area contributed by atoms with Gasteiger partial charge in [0, 0.05) is 0 Å². The van der Waals surface area contributed by atoms with Crippen molar-refractivity contribution >= 4 is 17.1 Å². The second kappa shape index (κ2) is 11.1. The molecule has 43 heavy (non-hydrogen) atoms. The van der Waals surface area contributed by atoms with Gasteiger partial charge < -0.3 is 25.0 Å². The van der Waals surface area contributed by atoms with E-state index in [9.17, 15) is 15.0 Å². The van der Waals surface area contributed by atoms with Gasteiger partial charge in [-0.1, -0.05) is 78.9 Å². The molecule has 1 saturated heterocycles. The lowest BCUT2D eigenvalue weighted by Gasteiger charge is -2.37. The zero-order valence-corrected chi connectivity index (χ0v) is 23.2. The van der Waals surface area contributed by atoms with Crippen molar-refractivity contribution < 1.29 is 24.1 Å². The molecule has 4 N–H and O–H groups in total. The standard InChI is InChI=1S/C32H30FN5O5/c1-3-31(18-39)26(40)24(33)29(43-31)38-19-34-25-27(38)35-30(36-28(25)41)37-32(20-10-6-4-7-11-20,21-12-8-5-9-13-21)22-14-16-23(42-2)17-15-22/h3-17,19,24,26,29,39-40H,1,18H2,2H3,(H2,35,36,37,41)/t24-,26-,29+,31+/m0/s1. The fraction of sp³-hybridized carbons (Fsp3) is 0.219. The zero-order chi connectivity index (χ0) is 30.2. The van der Waals surface area contributed by atoms with E-state index < -0.39 is 41.8 Å². The Hall–Kier alpha value is -4.84. The molecule has 1 aliphatic heterocycles. The number of hydrogen-bond acceptors (Lipinski definition) is 8. The summed E-state index contributed by atoms with van der Waals surface area (Å²) in [4.78, 5) is 24.9. The number of aliphatic hydroxyl groups is 2. The first kappa shape index (κ1) is 28.3. The SMILES string of the molecule is C=C[C@]1(CO)O[C@@H](n2cnc3c(=O)[nH]c(NC(c4ccccc4)(c4ccccc4)c4ccc(OC)cc4)nc32)[C@@H](F)[C@@H]1O. The summed E-state index contributed by atoms with van der Waals surface area (Å²) in [5.41, 5.74) is -0.846. The maximum absolute atomic E-state index is 15.4. The highest BCUT2D eigenvalue weighted by atomic mass is 19.1. The number of H-pyrrole nitrogens is 1. The molecule has 1 aliphatic rings. The van der Waals surface area contributed by atoms with Crippen LogP contribution in [0.15, 0.2) is 109 Å². The maximum atomic E-state index is 15.4. The number of ether oxygens (including phenoxy) is 2. The Labute approximate surface area is 246 Å². The lowest BCUT2D eigenvalue weighted by molar-refractivity contribution is -0.0960. The summed E-state index contributed by atoms with van der Waals surface area (Å²) < 4.78 is 27.8. The molecule has 0 spiro atoms. The van der Waals surface area contributed by atoms with Gasteiger partial charge in [-0.15, -0.1) is 6.58 Å². The molecule has 6 rings (SSSR count). The van der Waals surface area contributed by atoms with Crippen LogP contribution in [-0.4, -0.2) is 61.3 Å². The van der Waals surface area contributed by atoms with Crippen molar-refractivity contribution in [3.05, 3.63) is 131 Å². The molecular formula is C32H30FN5O5. The third-order valence-electron chi connectivity index (χ3n) is 7.96. The molecule has 220 valence electrons. The van der Waals surface area contributed by atoms with Gasteiger partial charge in [0.1, 0.15) is 23.0 Å². The van der Waals surface area contributed by atoms with E-state index in [1.807, 2.05) is 84.9 Å². The highest BCUT2D eigenvalue weighted by Gasteiger charge is 2.54. The average Bonchev–Trinajstić information content (AvgIpc) is 3.59. The van der Waals surface area contributed by atoms with Crippen molar-refractivity contribution in [3.63, 3.8) is 0 Å². The first-order valence-electron chi connectivity index (χ1n) is 13.6. The van der Waals surface area contributed by atoms with Gasteiger partial charge in [-0.2, -0.15) is 4.98 Å². The molecule has 5 aromatic rings. The van der Waals surface area contributed by atoms with Crippen LogP contribution in [0.1, 0.15) is 22.9 Å². The van der Waals surface area contributed by atoms with Crippen LogP contribution in [0, 0.1) is 0 Å². The highest BCUT2D eigenvalue weighted by Crippen LogP contribution is 2.42. The van der Waals surface area contributed by atoms with Gasteiger partial charge in [0.25, 0.3) is 5.56 Å². The van der Waals surface area contributed by atoms with E-state index in [1.165, 1.54) is 17.0 Å². The van der Waals surface area contributed by atoms with Crippen molar-refractivity contribution in [3.8, 4) is 5.75 Å². The van der Waals surface area contributed by atoms with Crippen LogP contribution in [-0.2, 0) is 10.3 Å². The fourth-order valence-electron chi connectivity index (χ4n) is 5.64. The summed E-state index contributed by atoms with van der Waals surface area (Å²) >= 11 is 0. The molecule has 0 radical (unpaired) electrons. The van der Waals surface area contributed by atoms with Gasteiger partial charge in [-0.25, -0.2) is 9.37 Å². The molecule has 0 amide bonds. The van der Waals surface area contributed by atoms with Gasteiger partial charge in [0.15, 0.2) is 23.6 Å². The van der Waals surface area contributed by atoms with E-state index in [0.29, 0.717) is 5.75 Å². The van der Waals surface area contributed by atoms with Crippen LogP contribution in [0.4, 0.5) is 10.3 Å². The first-order chi connectivity index (χ1) is 20.9. The average molecular weight is 584 g/mol. The Morgan fingerprint density at radius 3 is 2.23 bits per heavy atom. The number of nitrogens with one attached hydrogen (secondary N) is 2. The molecule has 1 fully saturated rings. The Morgan fingerprint density at radius 2 is 1.70 bits per heavy atom. The van der Waals surface area contributed by atoms with Crippen molar-refractivity contribution in [2.45, 2.75) is 29.6 Å². The minimum Gasteiger partial charge on any atom is -0.497 e. The molecule has 0 unspecified atom stereocenters. The van der Waals surface area contributed by atoms with Gasteiger partial charge >= 0.3 is 0 Å². The van der Waals surface area contributed by atoms with Crippen LogP contribution in [0.2, 0.25) is 0 Å². The van der Waals surface area contributed by atoms with Gasteiger partial charge in [0.05, 0.1) is 20.0 Å². The monoisotopic (exact) mass is 583 g/mol. The first-order valence-corrected chi connectivity index (χ1v) is 13.6. The Kier molecular flexibility index (Phi) is 7.30. The number of alkyl halides is 1. The summed E-state index contributed by atoms with van der Waals surface area (Å²) in [5.74, 6) is 0.752. The molecular weight excluding hydrogens is 553 g/mol. The van der Waals surface area contributed by atoms with Gasteiger partial charge in [-0.05, 0) is 28.8 Å². The zero-order valence-electron chi connectivity index (χ0n) is 23.2. The van der Waals surface area contributed by atoms with E-state index in [2.05, 4.69) is 26.8 Å². The fourth-order valence-corrected chi connectivity index (χ4v) is 5.64. The maximum Gasteiger partial charge on any atom is 0.280 e. The summed E-state index contributed by atoms with van der Waals surface area (Å²) in [6.45, 7) is 2.90. The van der Waals surface area contributed by atoms with Gasteiger partial charge in [0.2, 0.25) is 5.95 Å². The largest absolute Gasteiger partial charge is 0.497 e. The normalized spacial score (nSPS) is 22.0. The lowest BCUT2D eigenvalue weighted by atomic mass is 9.77. The molecule has 4 atom stereocenters. The highest BCUT2D eigenvalue weighted by molar-refractivity contribution is 5.71. The number of anilines is 1. The van der Waals surface area contributed by atoms with Crippen LogP contribution >= 0.6 is 0 Å². The van der Waals surface area contributed by atoms with Crippen molar-refractivity contribution in [2.75, 3.05) is 19.0 Å². The quantitative estimate of drug-likeness (QED) is 0.153. The van der Waals surface area contributed by atoms with Crippen LogP contribution < -0.4 is 15.6 Å². The minimum absolute atomic E-state index is 0.0219. The summed E-state index contributed by atoms with van der Waals surface area (Å²) in [6, 6.07) is 26.9. The topological polar surface area (TPSA) is 135 Å². The molecule has 0 aliphatic carbocycles. The van der Waals surface area contributed by atoms with E-state index in [-0.39, 0.29) is 17.1 Å². The Balaban J connectivity index is 1.54. The number of methoxy groups -OCH3 is 1. The summed E-state index contributed by atoms with van der Waals surface area (Å²) in [6.07, 6.45) is -2.70. The van der Waals surface area contributed by atoms with Crippen LogP contribution in [0.3, 0.4) is 0 Å². The molecule has 2 aromatic heterocycles. The number of imidazole rings is 1. The number of aliphatic hydroxyl groups excluding tert-OH is 2. The number of benzene rings is 3. The summed E-state index contributed by atoms with van der Waals surface area (Å²) in [7, 11) is 1.59. The third kappa shape index (κ3) is 4.58.